The van der Waals surface area contributed by atoms with Crippen LogP contribution in [0.3, 0.4) is 0 Å². The molecule has 2 bridgehead atoms. The number of methoxy groups -OCH3 is 1. The molecule has 2 saturated carbocycles. The van der Waals surface area contributed by atoms with Crippen LogP contribution in [0.1, 0.15) is 40.0 Å². The summed E-state index contributed by atoms with van der Waals surface area (Å²) >= 11 is 0. The number of Topliss-reactive ketones (excluding diaryl/α,β-unsaturated/α-hetero) is 1. The smallest absolute Gasteiger partial charge is 0.340 e. The Labute approximate surface area is 185 Å². The van der Waals surface area contributed by atoms with Crippen molar-refractivity contribution in [3.8, 4) is 5.75 Å². The maximum atomic E-state index is 13.2. The number of nitrogens with zero attached hydrogens (tertiary/aromatic N) is 1. The molecule has 1 saturated heterocycles. The van der Waals surface area contributed by atoms with E-state index in [0.717, 1.165) is 19.3 Å². The van der Waals surface area contributed by atoms with Crippen LogP contribution in [-0.2, 0) is 14.3 Å². The standard InChI is InChI=1S/C25H23NO6/c1-31-17-6-4-5-14(12-17)20(27)13-32-25(30)18-7-2-3-8-19(18)26-23(28)21-15-9-10-16(11-15)22(21)24(26)29/h2-8,12,15-16,21-22H,9-11,13H2,1H3/t15-,16-,21-,22-/m0/s1. The highest BCUT2D eigenvalue weighted by molar-refractivity contribution is 6.24. The lowest BCUT2D eigenvalue weighted by Crippen LogP contribution is -2.34. The van der Waals surface area contributed by atoms with Crippen molar-refractivity contribution in [1.82, 2.24) is 0 Å². The molecule has 4 atom stereocenters. The maximum absolute atomic E-state index is 13.2. The molecule has 32 heavy (non-hydrogen) atoms. The molecular formula is C25H23NO6. The molecule has 2 aliphatic carbocycles. The number of rotatable bonds is 6. The van der Waals surface area contributed by atoms with Gasteiger partial charge in [0.05, 0.1) is 30.2 Å². The average Bonchev–Trinajstić information content (AvgIpc) is 3.51. The van der Waals surface area contributed by atoms with E-state index in [9.17, 15) is 19.2 Å². The molecule has 2 amide bonds. The second-order valence-corrected chi connectivity index (χ2v) is 8.65. The molecule has 3 aliphatic rings. The van der Waals surface area contributed by atoms with Crippen molar-refractivity contribution in [2.45, 2.75) is 19.3 Å². The molecule has 7 heteroatoms. The number of benzene rings is 2. The summed E-state index contributed by atoms with van der Waals surface area (Å²) in [6.45, 7) is -0.461. The van der Waals surface area contributed by atoms with Gasteiger partial charge in [0.15, 0.2) is 12.4 Å². The van der Waals surface area contributed by atoms with E-state index >= 15 is 0 Å². The SMILES string of the molecule is COc1cccc(C(=O)COC(=O)c2ccccc2N2C(=O)[C@H]3[C@H]4CC[C@@H](C4)[C@@H]3C2=O)c1. The number of ketones is 1. The Morgan fingerprint density at radius 1 is 0.969 bits per heavy atom. The third kappa shape index (κ3) is 3.20. The van der Waals surface area contributed by atoms with Crippen molar-refractivity contribution >= 4 is 29.3 Å². The van der Waals surface area contributed by atoms with Gasteiger partial charge in [-0.2, -0.15) is 0 Å². The lowest BCUT2D eigenvalue weighted by Gasteiger charge is -2.19. The van der Waals surface area contributed by atoms with Crippen LogP contribution < -0.4 is 9.64 Å². The van der Waals surface area contributed by atoms with E-state index in [4.69, 9.17) is 9.47 Å². The van der Waals surface area contributed by atoms with Gasteiger partial charge >= 0.3 is 5.97 Å². The summed E-state index contributed by atoms with van der Waals surface area (Å²) in [4.78, 5) is 52.8. The molecular weight excluding hydrogens is 410 g/mol. The van der Waals surface area contributed by atoms with Crippen LogP contribution >= 0.6 is 0 Å². The number of hydrogen-bond donors (Lipinski definition) is 0. The summed E-state index contributed by atoms with van der Waals surface area (Å²) in [7, 11) is 1.50. The number of amides is 2. The van der Waals surface area contributed by atoms with Crippen molar-refractivity contribution in [3.05, 3.63) is 59.7 Å². The van der Waals surface area contributed by atoms with E-state index in [-0.39, 0.29) is 52.5 Å². The zero-order valence-corrected chi connectivity index (χ0v) is 17.7. The predicted molar refractivity (Wildman–Crippen MR) is 114 cm³/mol. The van der Waals surface area contributed by atoms with E-state index in [2.05, 4.69) is 0 Å². The summed E-state index contributed by atoms with van der Waals surface area (Å²) < 4.78 is 10.4. The fourth-order valence-corrected chi connectivity index (χ4v) is 5.58. The van der Waals surface area contributed by atoms with E-state index in [1.807, 2.05) is 0 Å². The van der Waals surface area contributed by atoms with Crippen LogP contribution in [0.15, 0.2) is 48.5 Å². The van der Waals surface area contributed by atoms with Crippen molar-refractivity contribution in [1.29, 1.82) is 0 Å². The summed E-state index contributed by atoms with van der Waals surface area (Å²) in [5.74, 6) is -1.10. The Balaban J connectivity index is 1.35. The normalized spacial score (nSPS) is 25.7. The Bertz CT molecular complexity index is 1100. The number of carbonyl (C=O) groups excluding carboxylic acids is 4. The van der Waals surface area contributed by atoms with Crippen LogP contribution in [0, 0.1) is 23.7 Å². The molecule has 1 aliphatic heterocycles. The Morgan fingerprint density at radius 2 is 1.66 bits per heavy atom. The van der Waals surface area contributed by atoms with E-state index in [1.165, 1.54) is 18.1 Å². The first-order valence-corrected chi connectivity index (χ1v) is 10.8. The lowest BCUT2D eigenvalue weighted by molar-refractivity contribution is -0.123. The first kappa shape index (κ1) is 20.4. The molecule has 7 nitrogen and oxygen atoms in total. The molecule has 2 aromatic rings. The first-order chi connectivity index (χ1) is 15.5. The lowest BCUT2D eigenvalue weighted by atomic mass is 9.81. The minimum absolute atomic E-state index is 0.0972. The molecule has 3 fully saturated rings. The minimum Gasteiger partial charge on any atom is -0.497 e. The van der Waals surface area contributed by atoms with Gasteiger partial charge in [0.2, 0.25) is 11.8 Å². The van der Waals surface area contributed by atoms with Gasteiger partial charge in [0.25, 0.3) is 0 Å². The fourth-order valence-electron chi connectivity index (χ4n) is 5.58. The largest absolute Gasteiger partial charge is 0.497 e. The topological polar surface area (TPSA) is 90.0 Å². The zero-order chi connectivity index (χ0) is 22.4. The Hall–Kier alpha value is -3.48. The van der Waals surface area contributed by atoms with Crippen molar-refractivity contribution < 1.29 is 28.7 Å². The van der Waals surface area contributed by atoms with Crippen LogP contribution in [0.2, 0.25) is 0 Å². The van der Waals surface area contributed by atoms with Crippen LogP contribution in [0.4, 0.5) is 5.69 Å². The second kappa shape index (κ2) is 7.89. The van der Waals surface area contributed by atoms with Gasteiger partial charge in [-0.05, 0) is 55.4 Å². The number of anilines is 1. The van der Waals surface area contributed by atoms with Gasteiger partial charge in [-0.25, -0.2) is 9.69 Å². The first-order valence-electron chi connectivity index (χ1n) is 10.8. The number of esters is 1. The van der Waals surface area contributed by atoms with Gasteiger partial charge in [0, 0.05) is 5.56 Å². The van der Waals surface area contributed by atoms with Crippen molar-refractivity contribution in [2.75, 3.05) is 18.6 Å². The highest BCUT2D eigenvalue weighted by Crippen LogP contribution is 2.56. The molecule has 0 aromatic heterocycles. The Kier molecular flexibility index (Phi) is 5.04. The molecule has 0 N–H and O–H groups in total. The number of fused-ring (bicyclic) bond motifs is 5. The molecule has 0 spiro atoms. The van der Waals surface area contributed by atoms with Gasteiger partial charge in [-0.1, -0.05) is 24.3 Å². The quantitative estimate of drug-likeness (QED) is 0.395. The predicted octanol–water partition coefficient (Wildman–Crippen LogP) is 3.27. The highest BCUT2D eigenvalue weighted by Gasteiger charge is 2.61. The van der Waals surface area contributed by atoms with Gasteiger partial charge in [-0.15, -0.1) is 0 Å². The van der Waals surface area contributed by atoms with E-state index in [0.29, 0.717) is 11.3 Å². The molecule has 5 rings (SSSR count). The van der Waals surface area contributed by atoms with Crippen molar-refractivity contribution in [3.63, 3.8) is 0 Å². The number of carbonyl (C=O) groups is 4. The second-order valence-electron chi connectivity index (χ2n) is 8.65. The van der Waals surface area contributed by atoms with Gasteiger partial charge < -0.3 is 9.47 Å². The van der Waals surface area contributed by atoms with E-state index < -0.39 is 12.6 Å². The molecule has 0 radical (unpaired) electrons. The highest BCUT2D eigenvalue weighted by atomic mass is 16.5. The summed E-state index contributed by atoms with van der Waals surface area (Å²) in [5.41, 5.74) is 0.689. The molecule has 2 aromatic carbocycles. The Morgan fingerprint density at radius 3 is 2.34 bits per heavy atom. The zero-order valence-electron chi connectivity index (χ0n) is 17.7. The number of hydrogen-bond acceptors (Lipinski definition) is 6. The van der Waals surface area contributed by atoms with Gasteiger partial charge in [-0.3, -0.25) is 14.4 Å². The third-order valence-electron chi connectivity index (χ3n) is 7.02. The molecule has 164 valence electrons. The summed E-state index contributed by atoms with van der Waals surface area (Å²) in [5, 5.41) is 0. The number of para-hydroxylation sites is 1. The molecule has 1 heterocycles. The number of ether oxygens (including phenoxy) is 2. The number of imide groups is 1. The van der Waals surface area contributed by atoms with Crippen molar-refractivity contribution in [2.24, 2.45) is 23.7 Å². The monoisotopic (exact) mass is 433 g/mol. The summed E-state index contributed by atoms with van der Waals surface area (Å²) in [6, 6.07) is 13.0. The summed E-state index contributed by atoms with van der Waals surface area (Å²) in [6.07, 6.45) is 2.90. The fraction of sp³-hybridized carbons (Fsp3) is 0.360. The third-order valence-corrected chi connectivity index (χ3v) is 7.02. The van der Waals surface area contributed by atoms with E-state index in [1.54, 1.807) is 42.5 Å². The minimum atomic E-state index is -0.752. The molecule has 0 unspecified atom stereocenters. The van der Waals surface area contributed by atoms with Crippen LogP contribution in [-0.4, -0.2) is 37.3 Å². The van der Waals surface area contributed by atoms with Crippen LogP contribution in [0.25, 0.3) is 0 Å². The van der Waals surface area contributed by atoms with Gasteiger partial charge in [0.1, 0.15) is 5.75 Å². The van der Waals surface area contributed by atoms with Crippen LogP contribution in [0.5, 0.6) is 5.75 Å². The average molecular weight is 433 g/mol. The maximum Gasteiger partial charge on any atom is 0.340 e.